The van der Waals surface area contributed by atoms with Crippen molar-refractivity contribution in [2.45, 2.75) is 19.8 Å². The Morgan fingerprint density at radius 1 is 0.958 bits per heavy atom. The normalized spacial score (nSPS) is 17.5. The number of hydrogen-bond donors (Lipinski definition) is 2. The summed E-state index contributed by atoms with van der Waals surface area (Å²) in [7, 11) is 0. The van der Waals surface area contributed by atoms with Gasteiger partial charge in [-0.1, -0.05) is 48.5 Å². The smallest absolute Gasteiger partial charge is 0.0755 e. The van der Waals surface area contributed by atoms with Crippen LogP contribution in [-0.2, 0) is 0 Å². The van der Waals surface area contributed by atoms with Gasteiger partial charge in [0.2, 0.25) is 0 Å². The van der Waals surface area contributed by atoms with Crippen molar-refractivity contribution < 1.29 is 0 Å². The molecule has 1 aliphatic rings. The van der Waals surface area contributed by atoms with E-state index < -0.39 is 0 Å². The van der Waals surface area contributed by atoms with Crippen molar-refractivity contribution >= 4 is 11.4 Å². The number of hydrogen-bond acceptors (Lipinski definition) is 3. The van der Waals surface area contributed by atoms with Gasteiger partial charge >= 0.3 is 0 Å². The number of rotatable bonds is 4. The predicted molar refractivity (Wildman–Crippen MR) is 102 cm³/mol. The molecular formula is C21H25N3. The Hall–Kier alpha value is -2.39. The van der Waals surface area contributed by atoms with Crippen LogP contribution in [0.2, 0.25) is 0 Å². The lowest BCUT2D eigenvalue weighted by Crippen LogP contribution is -2.31. The molecule has 0 amide bonds. The summed E-state index contributed by atoms with van der Waals surface area (Å²) in [6, 6.07) is 20.4. The first-order valence-corrected chi connectivity index (χ1v) is 8.62. The first kappa shape index (κ1) is 16.5. The summed E-state index contributed by atoms with van der Waals surface area (Å²) in [5.41, 5.74) is 11.7. The Balaban J connectivity index is 2.02. The molecule has 1 saturated heterocycles. The van der Waals surface area contributed by atoms with Gasteiger partial charge in [0.15, 0.2) is 0 Å². The molecule has 1 fully saturated rings. The Morgan fingerprint density at radius 2 is 1.54 bits per heavy atom. The van der Waals surface area contributed by atoms with Crippen molar-refractivity contribution in [1.82, 2.24) is 5.32 Å². The van der Waals surface area contributed by atoms with E-state index >= 15 is 0 Å². The number of piperidine rings is 1. The first-order chi connectivity index (χ1) is 11.8. The van der Waals surface area contributed by atoms with Crippen molar-refractivity contribution in [1.29, 1.82) is 0 Å². The van der Waals surface area contributed by atoms with E-state index in [2.05, 4.69) is 24.4 Å². The standard InChI is InChI=1S/C21H25N3/c1-16(20(22)17-12-14-23-15-13-17)21(18-8-4-2-5-9-18)24-19-10-6-3-7-11-19/h2-11,17,23H,12-15,22H2,1H3/b20-16-,24-21?. The minimum atomic E-state index is 0.441. The van der Waals surface area contributed by atoms with Gasteiger partial charge in [-0.2, -0.15) is 0 Å². The topological polar surface area (TPSA) is 50.4 Å². The third-order valence-corrected chi connectivity index (χ3v) is 4.61. The lowest BCUT2D eigenvalue weighted by Gasteiger charge is -2.25. The molecule has 0 atom stereocenters. The van der Waals surface area contributed by atoms with Crippen LogP contribution < -0.4 is 11.1 Å². The molecule has 3 heteroatoms. The highest BCUT2D eigenvalue weighted by Crippen LogP contribution is 2.24. The van der Waals surface area contributed by atoms with Crippen LogP contribution in [-0.4, -0.2) is 18.8 Å². The third-order valence-electron chi connectivity index (χ3n) is 4.61. The Labute approximate surface area is 144 Å². The highest BCUT2D eigenvalue weighted by Gasteiger charge is 2.19. The summed E-state index contributed by atoms with van der Waals surface area (Å²) in [6.07, 6.45) is 2.19. The van der Waals surface area contributed by atoms with Crippen molar-refractivity contribution in [2.24, 2.45) is 16.6 Å². The minimum Gasteiger partial charge on any atom is -0.402 e. The molecule has 0 saturated carbocycles. The van der Waals surface area contributed by atoms with Gasteiger partial charge in [0.05, 0.1) is 11.4 Å². The lowest BCUT2D eigenvalue weighted by molar-refractivity contribution is 0.416. The molecule has 0 spiro atoms. The van der Waals surface area contributed by atoms with E-state index in [-0.39, 0.29) is 0 Å². The fraction of sp³-hybridized carbons (Fsp3) is 0.286. The maximum absolute atomic E-state index is 6.55. The van der Waals surface area contributed by atoms with Crippen LogP contribution >= 0.6 is 0 Å². The number of allylic oxidation sites excluding steroid dienone is 2. The highest BCUT2D eigenvalue weighted by atomic mass is 14.9. The number of para-hydroxylation sites is 1. The second kappa shape index (κ2) is 7.93. The van der Waals surface area contributed by atoms with E-state index in [0.717, 1.165) is 54.2 Å². The number of nitrogens with one attached hydrogen (secondary N) is 1. The zero-order chi connectivity index (χ0) is 16.8. The van der Waals surface area contributed by atoms with E-state index in [1.54, 1.807) is 0 Å². The molecule has 2 aromatic rings. The molecule has 3 N–H and O–H groups in total. The van der Waals surface area contributed by atoms with Crippen LogP contribution in [0, 0.1) is 5.92 Å². The second-order valence-electron chi connectivity index (χ2n) is 6.27. The number of aliphatic imine (C=N–C) groups is 1. The Kier molecular flexibility index (Phi) is 5.44. The fourth-order valence-electron chi connectivity index (χ4n) is 3.17. The molecule has 24 heavy (non-hydrogen) atoms. The summed E-state index contributed by atoms with van der Waals surface area (Å²) in [5, 5.41) is 3.40. The molecule has 0 aliphatic carbocycles. The molecule has 2 aromatic carbocycles. The second-order valence-corrected chi connectivity index (χ2v) is 6.27. The van der Waals surface area contributed by atoms with Crippen LogP contribution in [0.25, 0.3) is 0 Å². The minimum absolute atomic E-state index is 0.441. The van der Waals surface area contributed by atoms with Gasteiger partial charge < -0.3 is 11.1 Å². The maximum Gasteiger partial charge on any atom is 0.0755 e. The third kappa shape index (κ3) is 3.92. The molecule has 3 rings (SSSR count). The van der Waals surface area contributed by atoms with Crippen molar-refractivity contribution in [3.05, 3.63) is 77.5 Å². The van der Waals surface area contributed by atoms with Gasteiger partial charge in [0.25, 0.3) is 0 Å². The van der Waals surface area contributed by atoms with E-state index in [4.69, 9.17) is 10.7 Å². The van der Waals surface area contributed by atoms with Crippen LogP contribution in [0.5, 0.6) is 0 Å². The summed E-state index contributed by atoms with van der Waals surface area (Å²) in [4.78, 5) is 4.91. The summed E-state index contributed by atoms with van der Waals surface area (Å²) in [5.74, 6) is 0.441. The lowest BCUT2D eigenvalue weighted by atomic mass is 9.89. The molecule has 1 heterocycles. The SMILES string of the molecule is C/C(C(=Nc1ccccc1)c1ccccc1)=C(/N)C1CCNCC1. The highest BCUT2D eigenvalue weighted by molar-refractivity contribution is 6.13. The van der Waals surface area contributed by atoms with E-state index in [1.807, 2.05) is 48.5 Å². The Morgan fingerprint density at radius 3 is 2.17 bits per heavy atom. The zero-order valence-electron chi connectivity index (χ0n) is 14.2. The number of nitrogens with two attached hydrogens (primary N) is 1. The van der Waals surface area contributed by atoms with E-state index in [1.165, 1.54) is 0 Å². The van der Waals surface area contributed by atoms with E-state index in [9.17, 15) is 0 Å². The van der Waals surface area contributed by atoms with Crippen molar-refractivity contribution in [3.63, 3.8) is 0 Å². The average molecular weight is 319 g/mol. The average Bonchev–Trinajstić information content (AvgIpc) is 2.67. The van der Waals surface area contributed by atoms with Gasteiger partial charge in [-0.3, -0.25) is 0 Å². The largest absolute Gasteiger partial charge is 0.402 e. The predicted octanol–water partition coefficient (Wildman–Crippen LogP) is 4.04. The van der Waals surface area contributed by atoms with Crippen molar-refractivity contribution in [2.75, 3.05) is 13.1 Å². The quantitative estimate of drug-likeness (QED) is 0.836. The van der Waals surface area contributed by atoms with Crippen LogP contribution in [0.15, 0.2) is 76.9 Å². The van der Waals surface area contributed by atoms with Crippen LogP contribution in [0.1, 0.15) is 25.3 Å². The van der Waals surface area contributed by atoms with Gasteiger partial charge in [0, 0.05) is 17.2 Å². The molecule has 0 bridgehead atoms. The van der Waals surface area contributed by atoms with Gasteiger partial charge in [-0.05, 0) is 50.6 Å². The van der Waals surface area contributed by atoms with Gasteiger partial charge in [-0.15, -0.1) is 0 Å². The van der Waals surface area contributed by atoms with Crippen molar-refractivity contribution in [3.8, 4) is 0 Å². The summed E-state index contributed by atoms with van der Waals surface area (Å²) < 4.78 is 0. The molecule has 124 valence electrons. The van der Waals surface area contributed by atoms with E-state index in [0.29, 0.717) is 5.92 Å². The molecule has 0 radical (unpaired) electrons. The maximum atomic E-state index is 6.55. The van der Waals surface area contributed by atoms with Crippen LogP contribution in [0.3, 0.4) is 0 Å². The van der Waals surface area contributed by atoms with Crippen LogP contribution in [0.4, 0.5) is 5.69 Å². The summed E-state index contributed by atoms with van der Waals surface area (Å²) in [6.45, 7) is 4.18. The Bertz CT molecular complexity index is 711. The van der Waals surface area contributed by atoms with Gasteiger partial charge in [0.1, 0.15) is 0 Å². The number of nitrogens with zero attached hydrogens (tertiary/aromatic N) is 1. The molecular weight excluding hydrogens is 294 g/mol. The molecule has 0 aromatic heterocycles. The monoisotopic (exact) mass is 319 g/mol. The molecule has 3 nitrogen and oxygen atoms in total. The zero-order valence-corrected chi connectivity index (χ0v) is 14.2. The molecule has 1 aliphatic heterocycles. The first-order valence-electron chi connectivity index (χ1n) is 8.62. The fourth-order valence-corrected chi connectivity index (χ4v) is 3.17. The summed E-state index contributed by atoms with van der Waals surface area (Å²) >= 11 is 0. The van der Waals surface area contributed by atoms with Gasteiger partial charge in [-0.25, -0.2) is 4.99 Å². The molecule has 0 unspecified atom stereocenters. The number of benzene rings is 2.